The minimum absolute atomic E-state index is 0.0767. The molecular weight excluding hydrogens is 619 g/mol. The van der Waals surface area contributed by atoms with Crippen LogP contribution in [0.2, 0.25) is 0 Å². The predicted octanol–water partition coefficient (Wildman–Crippen LogP) is 3.16. The average Bonchev–Trinajstić information content (AvgIpc) is 3.17. The molecule has 0 bridgehead atoms. The summed E-state index contributed by atoms with van der Waals surface area (Å²) in [6, 6.07) is 3.13. The highest BCUT2D eigenvalue weighted by molar-refractivity contribution is 9.10. The number of alkyl halides is 3. The number of fused-ring (bicyclic) bond motifs is 4. The van der Waals surface area contributed by atoms with Gasteiger partial charge in [0, 0.05) is 5.92 Å². The third-order valence-electron chi connectivity index (χ3n) is 7.46. The number of aromatic hydroxyl groups is 1. The number of rotatable bonds is 3. The maximum Gasteiger partial charge on any atom is 0.254 e. The van der Waals surface area contributed by atoms with Crippen molar-refractivity contribution in [3.63, 3.8) is 0 Å². The molecule has 34 heavy (non-hydrogen) atoms. The lowest BCUT2D eigenvalue weighted by atomic mass is 9.56. The number of hydrogen-bond donors (Lipinski definition) is 2. The van der Waals surface area contributed by atoms with Crippen molar-refractivity contribution in [3.8, 4) is 11.5 Å². The van der Waals surface area contributed by atoms with E-state index < -0.39 is 51.1 Å². The van der Waals surface area contributed by atoms with Crippen LogP contribution >= 0.6 is 55.1 Å². The lowest BCUT2D eigenvalue weighted by Gasteiger charge is -2.50. The fourth-order valence-electron chi connectivity index (χ4n) is 5.95. The van der Waals surface area contributed by atoms with Gasteiger partial charge in [0.25, 0.3) is 11.8 Å². The van der Waals surface area contributed by atoms with Crippen LogP contribution in [0.5, 0.6) is 11.5 Å². The van der Waals surface area contributed by atoms with Gasteiger partial charge in [-0.05, 0) is 52.4 Å². The molecule has 0 aromatic heterocycles. The van der Waals surface area contributed by atoms with Crippen LogP contribution in [0.1, 0.15) is 24.3 Å². The number of allylic oxidation sites excluding steroid dienone is 2. The largest absolute Gasteiger partial charge is 0.503 e. The lowest BCUT2D eigenvalue weighted by molar-refractivity contribution is -0.138. The molecule has 2 aliphatic heterocycles. The normalized spacial score (nSPS) is 36.6. The third-order valence-corrected chi connectivity index (χ3v) is 9.98. The van der Waals surface area contributed by atoms with Gasteiger partial charge in [-0.2, -0.15) is 0 Å². The zero-order valence-electron chi connectivity index (χ0n) is 17.6. The molecule has 1 aromatic rings. The number of amides is 4. The Bertz CT molecular complexity index is 1210. The van der Waals surface area contributed by atoms with E-state index in [1.165, 1.54) is 13.2 Å². The summed E-state index contributed by atoms with van der Waals surface area (Å²) in [6.45, 7) is 0. The molecule has 3 fully saturated rings. The number of carbonyl (C=O) groups is 4. The summed E-state index contributed by atoms with van der Waals surface area (Å²) in [5.41, 5.74) is 1.03. The molecule has 12 heteroatoms. The van der Waals surface area contributed by atoms with E-state index in [4.69, 9.17) is 27.9 Å². The first kappa shape index (κ1) is 24.1. The smallest absolute Gasteiger partial charge is 0.254 e. The van der Waals surface area contributed by atoms with Crippen molar-refractivity contribution >= 4 is 78.7 Å². The Morgan fingerprint density at radius 3 is 2.53 bits per heavy atom. The highest BCUT2D eigenvalue weighted by Gasteiger charge is 2.76. The number of carbonyl (C=O) groups excluding carboxylic acids is 4. The number of imide groups is 2. The summed E-state index contributed by atoms with van der Waals surface area (Å²) >= 11 is 20.7. The fraction of sp³-hybridized carbons (Fsp3) is 0.455. The van der Waals surface area contributed by atoms with Gasteiger partial charge >= 0.3 is 0 Å². The van der Waals surface area contributed by atoms with E-state index in [1.54, 1.807) is 6.07 Å². The Hall–Kier alpha value is -1.62. The van der Waals surface area contributed by atoms with Crippen molar-refractivity contribution in [1.82, 2.24) is 10.2 Å². The number of likely N-dealkylation sites (tertiary alicyclic amines) is 1. The standard InChI is InChI=1S/C22H18Br2Cl2N2O6/c1-34-13-5-8(4-12(24)16(13)29)15-9-2-3-10-14(18(31)27-17(10)30)11(9)6-21(25)19(32)28(7-23)20(33)22(15,21)26/h2,4-5,10-11,14-15,29H,3,6-7H2,1H3,(H,27,30,31)/t10-,11+,14-,15-,21+,22-/m0/s1. The number of ether oxygens (including phenoxy) is 1. The second kappa shape index (κ2) is 7.94. The van der Waals surface area contributed by atoms with Gasteiger partial charge in [-0.3, -0.25) is 29.4 Å². The molecule has 5 rings (SSSR count). The molecule has 0 unspecified atom stereocenters. The van der Waals surface area contributed by atoms with Gasteiger partial charge in [0.2, 0.25) is 11.8 Å². The first-order valence-corrected chi connectivity index (χ1v) is 13.1. The van der Waals surface area contributed by atoms with Crippen LogP contribution in [0.4, 0.5) is 0 Å². The van der Waals surface area contributed by atoms with Gasteiger partial charge in [-0.1, -0.05) is 27.6 Å². The van der Waals surface area contributed by atoms with Gasteiger partial charge in [0.1, 0.15) is 0 Å². The SMILES string of the molecule is COc1cc([C@H]2C3=CC[C@@H]4C(=O)NC(=O)[C@@H]4[C@@H]3C[C@@]3(Cl)C(=O)N(CBr)C(=O)[C@@]23Cl)cc(Br)c1O. The average molecular weight is 637 g/mol. The van der Waals surface area contributed by atoms with Gasteiger partial charge in [0.15, 0.2) is 21.2 Å². The topological polar surface area (TPSA) is 113 Å². The molecule has 2 aliphatic carbocycles. The Labute approximate surface area is 221 Å². The van der Waals surface area contributed by atoms with Gasteiger partial charge < -0.3 is 9.84 Å². The molecule has 4 amide bonds. The molecule has 2 heterocycles. The van der Waals surface area contributed by atoms with Crippen LogP contribution in [0.3, 0.4) is 0 Å². The summed E-state index contributed by atoms with van der Waals surface area (Å²) in [6.07, 6.45) is 2.04. The van der Waals surface area contributed by atoms with Crippen LogP contribution in [0.15, 0.2) is 28.3 Å². The predicted molar refractivity (Wildman–Crippen MR) is 129 cm³/mol. The Morgan fingerprint density at radius 2 is 1.88 bits per heavy atom. The van der Waals surface area contributed by atoms with Crippen molar-refractivity contribution in [1.29, 1.82) is 0 Å². The van der Waals surface area contributed by atoms with Gasteiger partial charge in [-0.15, -0.1) is 23.2 Å². The van der Waals surface area contributed by atoms with Crippen LogP contribution in [-0.2, 0) is 19.2 Å². The molecule has 1 saturated carbocycles. The second-order valence-corrected chi connectivity index (χ2v) is 11.5. The Morgan fingerprint density at radius 1 is 1.18 bits per heavy atom. The zero-order valence-corrected chi connectivity index (χ0v) is 22.3. The number of methoxy groups -OCH3 is 1. The first-order chi connectivity index (χ1) is 16.0. The van der Waals surface area contributed by atoms with Crippen molar-refractivity contribution in [2.45, 2.75) is 28.5 Å². The quantitative estimate of drug-likeness (QED) is 0.228. The molecular formula is C22H18Br2Cl2N2O6. The molecule has 4 aliphatic rings. The molecule has 1 aromatic carbocycles. The number of nitrogens with one attached hydrogen (secondary N) is 1. The molecule has 2 saturated heterocycles. The van der Waals surface area contributed by atoms with Crippen molar-refractivity contribution in [3.05, 3.63) is 33.8 Å². The molecule has 180 valence electrons. The summed E-state index contributed by atoms with van der Waals surface area (Å²) in [5, 5.41) is 12.7. The number of halogens is 4. The number of phenolic OH excluding ortho intramolecular Hbond substituents is 1. The Balaban J connectivity index is 1.78. The van der Waals surface area contributed by atoms with E-state index >= 15 is 0 Å². The minimum atomic E-state index is -1.91. The first-order valence-electron chi connectivity index (χ1n) is 10.4. The maximum absolute atomic E-state index is 13.6. The molecule has 6 atom stereocenters. The van der Waals surface area contributed by atoms with Gasteiger partial charge in [-0.25, -0.2) is 0 Å². The second-order valence-electron chi connectivity index (χ2n) is 8.89. The summed E-state index contributed by atoms with van der Waals surface area (Å²) in [5.74, 6) is -4.95. The zero-order chi connectivity index (χ0) is 24.7. The van der Waals surface area contributed by atoms with Crippen LogP contribution in [-0.4, -0.2) is 55.9 Å². The molecule has 0 radical (unpaired) electrons. The monoisotopic (exact) mass is 634 g/mol. The highest BCUT2D eigenvalue weighted by Crippen LogP contribution is 2.65. The summed E-state index contributed by atoms with van der Waals surface area (Å²) in [4.78, 5) is 49.4. The fourth-order valence-corrected chi connectivity index (χ4v) is 7.84. The van der Waals surface area contributed by atoms with Crippen LogP contribution in [0.25, 0.3) is 0 Å². The van der Waals surface area contributed by atoms with E-state index in [1.807, 2.05) is 6.08 Å². The van der Waals surface area contributed by atoms with Crippen molar-refractivity contribution < 1.29 is 29.0 Å². The van der Waals surface area contributed by atoms with E-state index in [0.717, 1.165) is 4.90 Å². The molecule has 2 N–H and O–H groups in total. The minimum Gasteiger partial charge on any atom is -0.503 e. The lowest BCUT2D eigenvalue weighted by Crippen LogP contribution is -2.60. The van der Waals surface area contributed by atoms with Crippen molar-refractivity contribution in [2.24, 2.45) is 17.8 Å². The molecule has 8 nitrogen and oxygen atoms in total. The van der Waals surface area contributed by atoms with Crippen LogP contribution < -0.4 is 10.1 Å². The van der Waals surface area contributed by atoms with E-state index in [-0.39, 0.29) is 35.7 Å². The van der Waals surface area contributed by atoms with E-state index in [9.17, 15) is 24.3 Å². The van der Waals surface area contributed by atoms with E-state index in [0.29, 0.717) is 15.6 Å². The summed E-state index contributed by atoms with van der Waals surface area (Å²) < 4.78 is 5.59. The third kappa shape index (κ3) is 2.88. The number of nitrogens with zero attached hydrogens (tertiary/aromatic N) is 1. The maximum atomic E-state index is 13.6. The number of hydrogen-bond acceptors (Lipinski definition) is 6. The van der Waals surface area contributed by atoms with Crippen LogP contribution in [0, 0.1) is 17.8 Å². The highest BCUT2D eigenvalue weighted by atomic mass is 79.9. The Kier molecular flexibility index (Phi) is 5.63. The number of phenols is 1. The number of benzene rings is 1. The van der Waals surface area contributed by atoms with Gasteiger partial charge in [0.05, 0.1) is 28.9 Å². The van der Waals surface area contributed by atoms with E-state index in [2.05, 4.69) is 37.2 Å². The van der Waals surface area contributed by atoms with Crippen molar-refractivity contribution in [2.75, 3.05) is 12.6 Å². The molecule has 0 spiro atoms. The summed E-state index contributed by atoms with van der Waals surface area (Å²) in [7, 11) is 1.38.